The van der Waals surface area contributed by atoms with Crippen molar-refractivity contribution in [3.63, 3.8) is 0 Å². The lowest BCUT2D eigenvalue weighted by Gasteiger charge is -2.41. The van der Waals surface area contributed by atoms with Crippen molar-refractivity contribution in [2.75, 3.05) is 32.4 Å². The molecule has 1 aromatic heterocycles. The Labute approximate surface area is 222 Å². The summed E-state index contributed by atoms with van der Waals surface area (Å²) in [6, 6.07) is 3.59. The highest BCUT2D eigenvalue weighted by Gasteiger charge is 2.37. The Bertz CT molecular complexity index is 1200. The van der Waals surface area contributed by atoms with Gasteiger partial charge in [-0.05, 0) is 75.5 Å². The molecule has 0 bridgehead atoms. The predicted octanol–water partition coefficient (Wildman–Crippen LogP) is 4.85. The highest BCUT2D eigenvalue weighted by molar-refractivity contribution is 7.88. The third kappa shape index (κ3) is 6.56. The molecule has 2 aliphatic rings. The van der Waals surface area contributed by atoms with Crippen LogP contribution in [0.3, 0.4) is 0 Å². The van der Waals surface area contributed by atoms with Gasteiger partial charge in [0.2, 0.25) is 15.8 Å². The largest absolute Gasteiger partial charge is 0.307 e. The summed E-state index contributed by atoms with van der Waals surface area (Å²) >= 11 is 0. The van der Waals surface area contributed by atoms with E-state index in [1.807, 2.05) is 0 Å². The summed E-state index contributed by atoms with van der Waals surface area (Å²) < 4.78 is 83.6. The molecule has 1 aromatic carbocycles. The average Bonchev–Trinajstić information content (AvgIpc) is 3.23. The van der Waals surface area contributed by atoms with Crippen LogP contribution < -0.4 is 0 Å². The van der Waals surface area contributed by atoms with Gasteiger partial charge in [0, 0.05) is 51.3 Å². The molecular weight excluding hydrogens is 522 g/mol. The molecule has 0 N–H and O–H groups in total. The van der Waals surface area contributed by atoms with Gasteiger partial charge in [0.15, 0.2) is 0 Å². The van der Waals surface area contributed by atoms with Gasteiger partial charge < -0.3 is 9.47 Å². The molecule has 0 amide bonds. The zero-order chi connectivity index (χ0) is 27.8. The first-order valence-electron chi connectivity index (χ1n) is 13.2. The van der Waals surface area contributed by atoms with Gasteiger partial charge in [-0.2, -0.15) is 8.78 Å². The molecular formula is C26H37F4N5O2S. The standard InChI is InChI=1S/C26H37F4N5O2S/c1-17(33-9-7-23(8-10-33)35-18(2)31-32-25(35)26(3,29)30)13-24(20-14-21(27)16-22(28)15-20)19-5-11-34(12-6-19)38(4,36)37/h14-17,19,23-24H,5-13H2,1-4H3. The molecule has 4 rings (SSSR count). The second kappa shape index (κ2) is 11.2. The van der Waals surface area contributed by atoms with E-state index in [1.54, 1.807) is 11.5 Å². The first-order valence-corrected chi connectivity index (χ1v) is 15.0. The molecule has 0 spiro atoms. The summed E-state index contributed by atoms with van der Waals surface area (Å²) in [5.41, 5.74) is 0.594. The van der Waals surface area contributed by atoms with E-state index in [4.69, 9.17) is 0 Å². The highest BCUT2D eigenvalue weighted by atomic mass is 32.2. The molecule has 38 heavy (non-hydrogen) atoms. The quantitative estimate of drug-likeness (QED) is 0.433. The molecule has 0 aliphatic carbocycles. The summed E-state index contributed by atoms with van der Waals surface area (Å²) in [7, 11) is -3.29. The monoisotopic (exact) mass is 559 g/mol. The van der Waals surface area contributed by atoms with Crippen LogP contribution in [0.5, 0.6) is 0 Å². The molecule has 2 atom stereocenters. The molecule has 12 heteroatoms. The number of benzene rings is 1. The fourth-order valence-electron chi connectivity index (χ4n) is 6.21. The van der Waals surface area contributed by atoms with Gasteiger partial charge in [0.05, 0.1) is 6.26 Å². The van der Waals surface area contributed by atoms with Crippen LogP contribution in [-0.4, -0.2) is 70.9 Å². The van der Waals surface area contributed by atoms with E-state index in [0.29, 0.717) is 69.7 Å². The van der Waals surface area contributed by atoms with Gasteiger partial charge in [-0.25, -0.2) is 21.5 Å². The van der Waals surface area contributed by atoms with Crippen molar-refractivity contribution in [3.05, 3.63) is 47.0 Å². The predicted molar refractivity (Wildman–Crippen MR) is 136 cm³/mol. The zero-order valence-electron chi connectivity index (χ0n) is 22.4. The van der Waals surface area contributed by atoms with Crippen LogP contribution in [0, 0.1) is 24.5 Å². The maximum absolute atomic E-state index is 14.2. The fourth-order valence-corrected chi connectivity index (χ4v) is 7.08. The second-order valence-corrected chi connectivity index (χ2v) is 13.0. The number of piperidine rings is 2. The molecule has 0 radical (unpaired) electrons. The van der Waals surface area contributed by atoms with Gasteiger partial charge in [0.25, 0.3) is 0 Å². The van der Waals surface area contributed by atoms with Crippen molar-refractivity contribution in [1.29, 1.82) is 0 Å². The van der Waals surface area contributed by atoms with Crippen molar-refractivity contribution in [2.45, 2.75) is 76.8 Å². The van der Waals surface area contributed by atoms with Crippen LogP contribution in [-0.2, 0) is 15.9 Å². The maximum Gasteiger partial charge on any atom is 0.304 e. The van der Waals surface area contributed by atoms with Crippen LogP contribution in [0.2, 0.25) is 0 Å². The Kier molecular flexibility index (Phi) is 8.54. The molecule has 2 fully saturated rings. The minimum Gasteiger partial charge on any atom is -0.307 e. The number of halogens is 4. The molecule has 7 nitrogen and oxygen atoms in total. The van der Waals surface area contributed by atoms with Gasteiger partial charge >= 0.3 is 5.92 Å². The second-order valence-electron chi connectivity index (χ2n) is 11.0. The molecule has 0 saturated carbocycles. The lowest BCUT2D eigenvalue weighted by Crippen LogP contribution is -2.43. The van der Waals surface area contributed by atoms with Crippen LogP contribution in [0.15, 0.2) is 18.2 Å². The van der Waals surface area contributed by atoms with Crippen LogP contribution >= 0.6 is 0 Å². The Balaban J connectivity index is 1.47. The molecule has 2 aromatic rings. The maximum atomic E-state index is 14.2. The van der Waals surface area contributed by atoms with Gasteiger partial charge in [-0.15, -0.1) is 10.2 Å². The fraction of sp³-hybridized carbons (Fsp3) is 0.692. The first-order chi connectivity index (χ1) is 17.7. The molecule has 2 saturated heterocycles. The zero-order valence-corrected chi connectivity index (χ0v) is 23.2. The number of hydrogen-bond acceptors (Lipinski definition) is 5. The molecule has 2 unspecified atom stereocenters. The summed E-state index contributed by atoms with van der Waals surface area (Å²) in [6.45, 7) is 6.77. The Morgan fingerprint density at radius 2 is 1.58 bits per heavy atom. The van der Waals surface area contributed by atoms with E-state index in [1.165, 1.54) is 22.7 Å². The number of hydrogen-bond donors (Lipinski definition) is 0. The first kappa shape index (κ1) is 28.9. The third-order valence-electron chi connectivity index (χ3n) is 8.19. The van der Waals surface area contributed by atoms with E-state index in [9.17, 15) is 26.0 Å². The van der Waals surface area contributed by atoms with Crippen LogP contribution in [0.4, 0.5) is 17.6 Å². The number of rotatable bonds is 8. The minimum absolute atomic E-state index is 0.0781. The lowest BCUT2D eigenvalue weighted by molar-refractivity contribution is 0.00000770. The smallest absolute Gasteiger partial charge is 0.304 e. The molecule has 3 heterocycles. The number of aromatic nitrogens is 3. The van der Waals surface area contributed by atoms with Crippen molar-refractivity contribution in [2.24, 2.45) is 5.92 Å². The SMILES string of the molecule is Cc1nnc(C(C)(F)F)n1C1CCN(C(C)CC(c2cc(F)cc(F)c2)C2CCN(S(C)(=O)=O)CC2)CC1. The van der Waals surface area contributed by atoms with Crippen molar-refractivity contribution in [1.82, 2.24) is 24.0 Å². The topological polar surface area (TPSA) is 71.3 Å². The van der Waals surface area contributed by atoms with Crippen LogP contribution in [0.25, 0.3) is 0 Å². The number of likely N-dealkylation sites (tertiary alicyclic amines) is 1. The summed E-state index contributed by atoms with van der Waals surface area (Å²) in [6.07, 6.45) is 4.42. The Morgan fingerprint density at radius 1 is 1.00 bits per heavy atom. The van der Waals surface area contributed by atoms with Crippen molar-refractivity contribution in [3.8, 4) is 0 Å². The van der Waals surface area contributed by atoms with Gasteiger partial charge in [0.1, 0.15) is 17.5 Å². The number of sulfonamides is 1. The van der Waals surface area contributed by atoms with Crippen molar-refractivity contribution < 1.29 is 26.0 Å². The molecule has 2 aliphatic heterocycles. The number of aryl methyl sites for hydroxylation is 1. The van der Waals surface area contributed by atoms with Crippen LogP contribution in [0.1, 0.15) is 75.1 Å². The van der Waals surface area contributed by atoms with E-state index in [-0.39, 0.29) is 29.7 Å². The summed E-state index contributed by atoms with van der Waals surface area (Å²) in [4.78, 5) is 2.30. The lowest BCUT2D eigenvalue weighted by atomic mass is 9.77. The van der Waals surface area contributed by atoms with Gasteiger partial charge in [-0.1, -0.05) is 0 Å². The normalized spacial score (nSPS) is 21.1. The van der Waals surface area contributed by atoms with E-state index in [2.05, 4.69) is 22.0 Å². The average molecular weight is 560 g/mol. The Hall–Kier alpha value is -2.05. The van der Waals surface area contributed by atoms with E-state index in [0.717, 1.165) is 13.0 Å². The van der Waals surface area contributed by atoms with E-state index < -0.39 is 27.6 Å². The number of nitrogens with zero attached hydrogens (tertiary/aromatic N) is 5. The minimum atomic E-state index is -3.29. The number of alkyl halides is 2. The third-order valence-corrected chi connectivity index (χ3v) is 9.49. The van der Waals surface area contributed by atoms with Crippen molar-refractivity contribution >= 4 is 10.0 Å². The molecule has 212 valence electrons. The van der Waals surface area contributed by atoms with E-state index >= 15 is 0 Å². The summed E-state index contributed by atoms with van der Waals surface area (Å²) in [5, 5.41) is 7.61. The summed E-state index contributed by atoms with van der Waals surface area (Å²) in [5.74, 6) is -4.22. The Morgan fingerprint density at radius 3 is 2.11 bits per heavy atom. The van der Waals surface area contributed by atoms with Gasteiger partial charge in [-0.3, -0.25) is 0 Å². The highest BCUT2D eigenvalue weighted by Crippen LogP contribution is 2.39.